The van der Waals surface area contributed by atoms with E-state index in [1.165, 1.54) is 10.8 Å². The Morgan fingerprint density at radius 2 is 1.52 bits per heavy atom. The Bertz CT molecular complexity index is 1540. The molecular formula is C29H18IrN2O-2. The molecule has 7 rings (SSSR count). The zero-order valence-electron chi connectivity index (χ0n) is 17.6. The third kappa shape index (κ3) is 3.89. The molecule has 4 heteroatoms. The molecule has 0 saturated heterocycles. The summed E-state index contributed by atoms with van der Waals surface area (Å²) in [4.78, 5) is 8.91. The molecule has 4 aromatic carbocycles. The van der Waals surface area contributed by atoms with Gasteiger partial charge in [-0.3, -0.25) is 0 Å². The molecule has 0 spiro atoms. The fourth-order valence-corrected chi connectivity index (χ4v) is 4.16. The summed E-state index contributed by atoms with van der Waals surface area (Å²) in [5, 5.41) is 5.69. The minimum Gasteiger partial charge on any atom is -0.505 e. The first-order valence-corrected chi connectivity index (χ1v) is 10.5. The molecule has 33 heavy (non-hydrogen) atoms. The van der Waals surface area contributed by atoms with Crippen molar-refractivity contribution in [2.75, 3.05) is 0 Å². The van der Waals surface area contributed by atoms with Gasteiger partial charge in [-0.05, 0) is 17.0 Å². The van der Waals surface area contributed by atoms with Crippen LogP contribution >= 0.6 is 0 Å². The molecule has 1 aliphatic rings. The molecule has 161 valence electrons. The second kappa shape index (κ2) is 9.11. The molecule has 0 bridgehead atoms. The van der Waals surface area contributed by atoms with E-state index in [-0.39, 0.29) is 20.1 Å². The molecule has 0 N–H and O–H groups in total. The molecule has 0 saturated carbocycles. The predicted octanol–water partition coefficient (Wildman–Crippen LogP) is 6.78. The molecule has 0 atom stereocenters. The molecule has 0 aliphatic carbocycles. The van der Waals surface area contributed by atoms with Crippen LogP contribution in [-0.4, -0.2) is 9.97 Å². The third-order valence-electron chi connectivity index (χ3n) is 5.71. The third-order valence-corrected chi connectivity index (χ3v) is 5.71. The average molecular weight is 603 g/mol. The summed E-state index contributed by atoms with van der Waals surface area (Å²) in [6, 6.07) is 34.9. The average Bonchev–Trinajstić information content (AvgIpc) is 2.88. The SMILES string of the molecule is [Ir].[c-]1cccc2c1-c1ncc3ccccc3c1OC2.[c-]1cccc2ccc3cccnc3c12. The van der Waals surface area contributed by atoms with Gasteiger partial charge in [0.15, 0.2) is 0 Å². The van der Waals surface area contributed by atoms with Crippen LogP contribution in [0.3, 0.4) is 0 Å². The van der Waals surface area contributed by atoms with Crippen molar-refractivity contribution in [1.82, 2.24) is 9.97 Å². The van der Waals surface area contributed by atoms with Crippen molar-refractivity contribution in [2.45, 2.75) is 6.61 Å². The number of pyridine rings is 2. The van der Waals surface area contributed by atoms with Gasteiger partial charge in [0, 0.05) is 49.0 Å². The zero-order chi connectivity index (χ0) is 21.3. The number of hydrogen-bond donors (Lipinski definition) is 0. The molecule has 1 aliphatic heterocycles. The molecule has 3 nitrogen and oxygen atoms in total. The van der Waals surface area contributed by atoms with Crippen molar-refractivity contribution in [3.63, 3.8) is 0 Å². The molecule has 0 amide bonds. The first kappa shape index (κ1) is 21.3. The number of aromatic nitrogens is 2. The van der Waals surface area contributed by atoms with Gasteiger partial charge in [0.1, 0.15) is 5.75 Å². The number of fused-ring (bicyclic) bond motifs is 8. The monoisotopic (exact) mass is 603 g/mol. The Balaban J connectivity index is 0.000000138. The number of rotatable bonds is 0. The van der Waals surface area contributed by atoms with E-state index in [9.17, 15) is 0 Å². The van der Waals surface area contributed by atoms with Crippen LogP contribution in [0.2, 0.25) is 0 Å². The maximum absolute atomic E-state index is 5.88. The van der Waals surface area contributed by atoms with Crippen LogP contribution in [0.25, 0.3) is 43.7 Å². The van der Waals surface area contributed by atoms with Crippen molar-refractivity contribution in [2.24, 2.45) is 0 Å². The summed E-state index contributed by atoms with van der Waals surface area (Å²) in [7, 11) is 0. The van der Waals surface area contributed by atoms with E-state index in [0.717, 1.165) is 44.2 Å². The molecule has 2 aromatic heterocycles. The van der Waals surface area contributed by atoms with Crippen molar-refractivity contribution >= 4 is 32.4 Å². The van der Waals surface area contributed by atoms with E-state index in [4.69, 9.17) is 4.74 Å². The van der Waals surface area contributed by atoms with E-state index >= 15 is 0 Å². The fourth-order valence-electron chi connectivity index (χ4n) is 4.16. The van der Waals surface area contributed by atoms with Crippen LogP contribution in [0.1, 0.15) is 5.56 Å². The van der Waals surface area contributed by atoms with Crippen LogP contribution in [0.15, 0.2) is 97.3 Å². The van der Waals surface area contributed by atoms with Gasteiger partial charge in [-0.15, -0.1) is 64.9 Å². The fraction of sp³-hybridized carbons (Fsp3) is 0.0345. The molecule has 0 fully saturated rings. The molecular weight excluding hydrogens is 585 g/mol. The Morgan fingerprint density at radius 1 is 0.727 bits per heavy atom. The summed E-state index contributed by atoms with van der Waals surface area (Å²) in [5.41, 5.74) is 4.14. The maximum atomic E-state index is 5.88. The van der Waals surface area contributed by atoms with E-state index in [0.29, 0.717) is 6.61 Å². The van der Waals surface area contributed by atoms with Gasteiger partial charge in [-0.1, -0.05) is 48.0 Å². The summed E-state index contributed by atoms with van der Waals surface area (Å²) < 4.78 is 5.88. The Morgan fingerprint density at radius 3 is 2.48 bits per heavy atom. The van der Waals surface area contributed by atoms with E-state index in [1.807, 2.05) is 54.9 Å². The van der Waals surface area contributed by atoms with Crippen LogP contribution in [0, 0.1) is 12.1 Å². The standard InChI is InChI=1S/C16H10NO.C13H8N.Ir/c1-4-8-14-11(5-1)9-17-15-13-7-3-2-6-12(13)10-18-16(14)15;1-2-6-12-10(4-1)7-8-11-5-3-9-14-13(11)12;/h1-6,8-9H,10H2;1-5,7-9H;/q2*-1;. The summed E-state index contributed by atoms with van der Waals surface area (Å²) >= 11 is 0. The first-order chi connectivity index (χ1) is 15.9. The Kier molecular flexibility index (Phi) is 5.87. The number of hydrogen-bond acceptors (Lipinski definition) is 3. The van der Waals surface area contributed by atoms with E-state index < -0.39 is 0 Å². The minimum atomic E-state index is 0. The van der Waals surface area contributed by atoms with Gasteiger partial charge in [-0.25, -0.2) is 0 Å². The van der Waals surface area contributed by atoms with Crippen LogP contribution < -0.4 is 4.74 Å². The van der Waals surface area contributed by atoms with Crippen molar-refractivity contribution in [3.8, 4) is 17.0 Å². The van der Waals surface area contributed by atoms with Crippen LogP contribution in [0.5, 0.6) is 5.75 Å². The molecule has 6 aromatic rings. The van der Waals surface area contributed by atoms with Gasteiger partial charge in [0.2, 0.25) is 0 Å². The summed E-state index contributed by atoms with van der Waals surface area (Å²) in [5.74, 6) is 0.878. The number of benzene rings is 4. The molecule has 0 unspecified atom stereocenters. The van der Waals surface area contributed by atoms with Crippen LogP contribution in [-0.2, 0) is 26.7 Å². The van der Waals surface area contributed by atoms with E-state index in [2.05, 4.69) is 64.6 Å². The van der Waals surface area contributed by atoms with Crippen LogP contribution in [0.4, 0.5) is 0 Å². The smallest absolute Gasteiger partial charge is 0.111 e. The zero-order valence-corrected chi connectivity index (χ0v) is 20.0. The predicted molar refractivity (Wildman–Crippen MR) is 128 cm³/mol. The Labute approximate surface area is 205 Å². The van der Waals surface area contributed by atoms with Gasteiger partial charge in [0.05, 0.1) is 6.61 Å². The van der Waals surface area contributed by atoms with Gasteiger partial charge < -0.3 is 14.7 Å². The number of ether oxygens (including phenoxy) is 1. The largest absolute Gasteiger partial charge is 0.505 e. The molecule has 3 heterocycles. The van der Waals surface area contributed by atoms with Crippen molar-refractivity contribution in [3.05, 3.63) is 115 Å². The topological polar surface area (TPSA) is 35.0 Å². The van der Waals surface area contributed by atoms with Crippen molar-refractivity contribution < 1.29 is 24.8 Å². The normalized spacial score (nSPS) is 11.5. The second-order valence-corrected chi connectivity index (χ2v) is 7.66. The summed E-state index contributed by atoms with van der Waals surface area (Å²) in [6.07, 6.45) is 3.72. The van der Waals surface area contributed by atoms with Gasteiger partial charge in [-0.2, -0.15) is 0 Å². The second-order valence-electron chi connectivity index (χ2n) is 7.66. The quantitative estimate of drug-likeness (QED) is 0.142. The maximum Gasteiger partial charge on any atom is 0.111 e. The van der Waals surface area contributed by atoms with Gasteiger partial charge >= 0.3 is 0 Å². The first-order valence-electron chi connectivity index (χ1n) is 10.5. The Hall–Kier alpha value is -3.59. The number of nitrogens with zero attached hydrogens (tertiary/aromatic N) is 2. The van der Waals surface area contributed by atoms with E-state index in [1.54, 1.807) is 0 Å². The van der Waals surface area contributed by atoms with Gasteiger partial charge in [0.25, 0.3) is 0 Å². The summed E-state index contributed by atoms with van der Waals surface area (Å²) in [6.45, 7) is 0.593. The van der Waals surface area contributed by atoms with Crippen molar-refractivity contribution in [1.29, 1.82) is 0 Å². The minimum absolute atomic E-state index is 0. The molecule has 1 radical (unpaired) electrons.